The highest BCUT2D eigenvalue weighted by Crippen LogP contribution is 2.44. The molecule has 9 heteroatoms. The van der Waals surface area contributed by atoms with Crippen molar-refractivity contribution in [3.8, 4) is 11.5 Å². The molecule has 4 heterocycles. The summed E-state index contributed by atoms with van der Waals surface area (Å²) in [5, 5.41) is 7.27. The molecule has 0 aliphatic carbocycles. The molecule has 2 saturated heterocycles. The van der Waals surface area contributed by atoms with Crippen molar-refractivity contribution in [3.05, 3.63) is 59.8 Å². The van der Waals surface area contributed by atoms with E-state index < -0.39 is 10.0 Å². The quantitative estimate of drug-likeness (QED) is 0.601. The summed E-state index contributed by atoms with van der Waals surface area (Å²) in [6.45, 7) is 4.52. The van der Waals surface area contributed by atoms with Gasteiger partial charge in [0.15, 0.2) is 5.76 Å². The highest BCUT2D eigenvalue weighted by Gasteiger charge is 2.52. The van der Waals surface area contributed by atoms with E-state index in [4.69, 9.17) is 8.94 Å². The SMILES string of the molecule is Cc1cc(-c2ccc(S(=O)(=O)N3CC4CNCC4(CCc4ccccc4)C3)o2)on1.Cl. The monoisotopic (exact) mass is 463 g/mol. The molecule has 0 amide bonds. The molecule has 1 aromatic carbocycles. The van der Waals surface area contributed by atoms with Gasteiger partial charge in [-0.1, -0.05) is 35.5 Å². The van der Waals surface area contributed by atoms with Gasteiger partial charge in [0.2, 0.25) is 10.9 Å². The van der Waals surface area contributed by atoms with E-state index in [9.17, 15) is 8.42 Å². The van der Waals surface area contributed by atoms with Crippen molar-refractivity contribution in [2.75, 3.05) is 26.2 Å². The van der Waals surface area contributed by atoms with Gasteiger partial charge in [0, 0.05) is 31.1 Å². The van der Waals surface area contributed by atoms with Gasteiger partial charge in [-0.15, -0.1) is 12.4 Å². The summed E-state index contributed by atoms with van der Waals surface area (Å²) in [4.78, 5) is 0. The molecule has 2 aromatic heterocycles. The van der Waals surface area contributed by atoms with E-state index in [1.807, 2.05) is 18.2 Å². The molecule has 1 N–H and O–H groups in total. The Hall–Kier alpha value is -2.13. The van der Waals surface area contributed by atoms with E-state index in [0.717, 1.165) is 25.9 Å². The summed E-state index contributed by atoms with van der Waals surface area (Å²) in [7, 11) is -3.71. The summed E-state index contributed by atoms with van der Waals surface area (Å²) >= 11 is 0. The van der Waals surface area contributed by atoms with Crippen LogP contribution in [0.2, 0.25) is 0 Å². The number of nitrogens with one attached hydrogen (secondary N) is 1. The number of hydrogen-bond acceptors (Lipinski definition) is 6. The lowest BCUT2D eigenvalue weighted by Crippen LogP contribution is -2.35. The van der Waals surface area contributed by atoms with Crippen molar-refractivity contribution >= 4 is 22.4 Å². The standard InChI is InChI=1S/C22H25N3O4S.ClH/c1-16-11-20(29-24-16)19-7-8-21(28-19)30(26,27)25-13-18-12-23-14-22(18,15-25)10-9-17-5-3-2-4-6-17;/h2-8,11,18,23H,9-10,12-15H2,1H3;1H. The smallest absolute Gasteiger partial charge is 0.276 e. The molecule has 2 fully saturated rings. The zero-order valence-electron chi connectivity index (χ0n) is 17.3. The van der Waals surface area contributed by atoms with Gasteiger partial charge in [0.05, 0.1) is 5.69 Å². The van der Waals surface area contributed by atoms with Gasteiger partial charge in [-0.2, -0.15) is 4.31 Å². The molecule has 0 saturated carbocycles. The fraction of sp³-hybridized carbons (Fsp3) is 0.409. The second-order valence-corrected chi connectivity index (χ2v) is 10.3. The van der Waals surface area contributed by atoms with Crippen LogP contribution in [0.3, 0.4) is 0 Å². The third-order valence-corrected chi connectivity index (χ3v) is 8.14. The van der Waals surface area contributed by atoms with Crippen LogP contribution in [0.15, 0.2) is 62.6 Å². The molecule has 166 valence electrons. The first-order valence-corrected chi connectivity index (χ1v) is 11.7. The van der Waals surface area contributed by atoms with Crippen LogP contribution >= 0.6 is 12.4 Å². The third-order valence-electron chi connectivity index (χ3n) is 6.45. The van der Waals surface area contributed by atoms with Crippen molar-refractivity contribution in [2.24, 2.45) is 11.3 Å². The zero-order chi connectivity index (χ0) is 20.8. The molecule has 2 aliphatic heterocycles. The maximum atomic E-state index is 13.3. The maximum absolute atomic E-state index is 13.3. The Morgan fingerprint density at radius 2 is 2.00 bits per heavy atom. The summed E-state index contributed by atoms with van der Waals surface area (Å²) in [5.74, 6) is 1.10. The predicted molar refractivity (Wildman–Crippen MR) is 119 cm³/mol. The number of aromatic nitrogens is 1. The minimum atomic E-state index is -3.71. The van der Waals surface area contributed by atoms with Gasteiger partial charge in [0.25, 0.3) is 10.0 Å². The second kappa shape index (κ2) is 8.43. The van der Waals surface area contributed by atoms with E-state index in [0.29, 0.717) is 36.2 Å². The molecular formula is C22H26ClN3O4S. The maximum Gasteiger partial charge on any atom is 0.276 e. The average molecular weight is 464 g/mol. The summed E-state index contributed by atoms with van der Waals surface area (Å²) < 4.78 is 39.0. The Kier molecular flexibility index (Phi) is 6.00. The van der Waals surface area contributed by atoms with E-state index in [1.54, 1.807) is 23.4 Å². The highest BCUT2D eigenvalue weighted by molar-refractivity contribution is 7.89. The summed E-state index contributed by atoms with van der Waals surface area (Å²) in [6, 6.07) is 15.2. The number of rotatable bonds is 6. The molecule has 0 bridgehead atoms. The highest BCUT2D eigenvalue weighted by atomic mass is 35.5. The normalized spacial score (nSPS) is 23.6. The molecule has 5 rings (SSSR count). The zero-order valence-corrected chi connectivity index (χ0v) is 18.9. The number of aryl methyl sites for hydroxylation is 2. The Labute approximate surface area is 188 Å². The number of fused-ring (bicyclic) bond motifs is 1. The van der Waals surface area contributed by atoms with E-state index in [1.165, 1.54) is 11.6 Å². The van der Waals surface area contributed by atoms with E-state index in [2.05, 4.69) is 22.6 Å². The number of furan rings is 1. The fourth-order valence-electron chi connectivity index (χ4n) is 4.75. The lowest BCUT2D eigenvalue weighted by atomic mass is 9.76. The Morgan fingerprint density at radius 1 is 1.19 bits per heavy atom. The third kappa shape index (κ3) is 4.05. The predicted octanol–water partition coefficient (Wildman–Crippen LogP) is 3.51. The van der Waals surface area contributed by atoms with Gasteiger partial charge < -0.3 is 14.3 Å². The van der Waals surface area contributed by atoms with Crippen LogP contribution in [-0.4, -0.2) is 44.1 Å². The molecule has 2 atom stereocenters. The number of benzene rings is 1. The van der Waals surface area contributed by atoms with Gasteiger partial charge in [-0.25, -0.2) is 8.42 Å². The van der Waals surface area contributed by atoms with Crippen LogP contribution in [0.25, 0.3) is 11.5 Å². The van der Waals surface area contributed by atoms with Gasteiger partial charge in [-0.05, 0) is 49.9 Å². The summed E-state index contributed by atoms with van der Waals surface area (Å²) in [5.41, 5.74) is 1.96. The Morgan fingerprint density at radius 3 is 2.74 bits per heavy atom. The van der Waals surface area contributed by atoms with Crippen molar-refractivity contribution in [1.29, 1.82) is 0 Å². The summed E-state index contributed by atoms with van der Waals surface area (Å²) in [6.07, 6.45) is 1.91. The van der Waals surface area contributed by atoms with Crippen molar-refractivity contribution < 1.29 is 17.4 Å². The van der Waals surface area contributed by atoms with Crippen molar-refractivity contribution in [2.45, 2.75) is 24.9 Å². The lowest BCUT2D eigenvalue weighted by molar-refractivity contribution is 0.264. The largest absolute Gasteiger partial charge is 0.440 e. The average Bonchev–Trinajstić information content (AvgIpc) is 3.50. The Balaban J connectivity index is 0.00000231. The first kappa shape index (κ1) is 22.1. The lowest BCUT2D eigenvalue weighted by Gasteiger charge is -2.28. The van der Waals surface area contributed by atoms with Crippen LogP contribution in [0, 0.1) is 18.3 Å². The topological polar surface area (TPSA) is 88.6 Å². The molecule has 0 spiro atoms. The van der Waals surface area contributed by atoms with Crippen LogP contribution in [0.1, 0.15) is 17.7 Å². The molecule has 3 aromatic rings. The van der Waals surface area contributed by atoms with Gasteiger partial charge in [-0.3, -0.25) is 0 Å². The molecule has 2 aliphatic rings. The number of hydrogen-bond donors (Lipinski definition) is 1. The molecule has 2 unspecified atom stereocenters. The van der Waals surface area contributed by atoms with Crippen LogP contribution in [0.5, 0.6) is 0 Å². The fourth-order valence-corrected chi connectivity index (χ4v) is 6.24. The van der Waals surface area contributed by atoms with Crippen LogP contribution in [0.4, 0.5) is 0 Å². The molecule has 7 nitrogen and oxygen atoms in total. The first-order chi connectivity index (χ1) is 14.5. The Bertz CT molecular complexity index is 1140. The van der Waals surface area contributed by atoms with E-state index in [-0.39, 0.29) is 22.9 Å². The number of nitrogens with zero attached hydrogens (tertiary/aromatic N) is 2. The molecular weight excluding hydrogens is 438 g/mol. The first-order valence-electron chi connectivity index (χ1n) is 10.2. The van der Waals surface area contributed by atoms with Crippen LogP contribution < -0.4 is 5.32 Å². The van der Waals surface area contributed by atoms with Crippen LogP contribution in [-0.2, 0) is 16.4 Å². The second-order valence-electron chi connectivity index (χ2n) is 8.42. The van der Waals surface area contributed by atoms with Crippen molar-refractivity contribution in [3.63, 3.8) is 0 Å². The van der Waals surface area contributed by atoms with E-state index >= 15 is 0 Å². The molecule has 0 radical (unpaired) electrons. The molecule has 31 heavy (non-hydrogen) atoms. The minimum Gasteiger partial charge on any atom is -0.440 e. The van der Waals surface area contributed by atoms with Crippen molar-refractivity contribution in [1.82, 2.24) is 14.8 Å². The number of halogens is 1. The number of sulfonamides is 1. The van der Waals surface area contributed by atoms with Gasteiger partial charge >= 0.3 is 0 Å². The minimum absolute atomic E-state index is 0. The van der Waals surface area contributed by atoms with Gasteiger partial charge in [0.1, 0.15) is 0 Å².